The van der Waals surface area contributed by atoms with Gasteiger partial charge in [0.15, 0.2) is 0 Å². The van der Waals surface area contributed by atoms with Gasteiger partial charge in [-0.25, -0.2) is 0 Å². The molecule has 5 fully saturated rings. The fourth-order valence-electron chi connectivity index (χ4n) is 8.33. The van der Waals surface area contributed by atoms with E-state index in [9.17, 15) is 0 Å². The number of methoxy groups -OCH3 is 1. The Bertz CT molecular complexity index is 579. The minimum absolute atomic E-state index is 0.472. The first-order chi connectivity index (χ1) is 15.0. The molecule has 11 unspecified atom stereocenters. The van der Waals surface area contributed by atoms with Crippen molar-refractivity contribution in [3.05, 3.63) is 10.6 Å². The molecule has 0 aromatic carbocycles. The Labute approximate surface area is 206 Å². The summed E-state index contributed by atoms with van der Waals surface area (Å²) in [6.07, 6.45) is 9.70. The number of nitrogens with zero attached hydrogens (tertiary/aromatic N) is 3. The van der Waals surface area contributed by atoms with Crippen LogP contribution < -0.4 is 0 Å². The summed E-state index contributed by atoms with van der Waals surface area (Å²) in [6.45, 7) is 7.09. The van der Waals surface area contributed by atoms with E-state index in [1.165, 1.54) is 44.9 Å². The molecule has 0 bridgehead atoms. The molecule has 0 amide bonds. The van der Waals surface area contributed by atoms with E-state index < -0.39 is 16.5 Å². The van der Waals surface area contributed by atoms with E-state index in [4.69, 9.17) is 34.2 Å². The van der Waals surface area contributed by atoms with Crippen LogP contribution in [-0.2, 0) is 21.2 Å². The molecule has 3 aliphatic heterocycles. The predicted octanol–water partition coefficient (Wildman–Crippen LogP) is 6.07. The van der Waals surface area contributed by atoms with Crippen molar-refractivity contribution < 1.29 is 21.2 Å². The quantitative estimate of drug-likeness (QED) is 0.364. The van der Waals surface area contributed by atoms with Crippen molar-refractivity contribution in [2.75, 3.05) is 27.2 Å². The van der Waals surface area contributed by atoms with Crippen molar-refractivity contribution >= 4 is 18.8 Å². The second-order valence-electron chi connectivity index (χ2n) is 11.0. The van der Waals surface area contributed by atoms with E-state index >= 15 is 0 Å². The van der Waals surface area contributed by atoms with Crippen LogP contribution in [0.15, 0.2) is 0 Å². The number of piperidine rings is 2. The van der Waals surface area contributed by atoms with Gasteiger partial charge in [0.2, 0.25) is 0 Å². The topological polar surface area (TPSA) is 40.7 Å². The summed E-state index contributed by atoms with van der Waals surface area (Å²) in [4.78, 5) is 2.81. The Kier molecular flexibility index (Phi) is 9.13. The van der Waals surface area contributed by atoms with E-state index in [0.29, 0.717) is 18.2 Å². The minimum atomic E-state index is -0.472. The summed E-state index contributed by atoms with van der Waals surface area (Å²) in [5.74, 6) is 4.91. The van der Waals surface area contributed by atoms with Crippen molar-refractivity contribution in [3.8, 4) is 0 Å². The molecule has 5 aliphatic rings. The van der Waals surface area contributed by atoms with Gasteiger partial charge in [0.1, 0.15) is 0 Å². The van der Waals surface area contributed by atoms with Gasteiger partial charge in [-0.15, -0.1) is 19.1 Å². The Hall–Kier alpha value is 1.11. The normalized spacial score (nSPS) is 50.1. The first-order valence-electron chi connectivity index (χ1n) is 12.4. The van der Waals surface area contributed by atoms with Crippen LogP contribution in [0.25, 0.3) is 10.6 Å². The fourth-order valence-corrected chi connectivity index (χ4v) is 8.33. The van der Waals surface area contributed by atoms with Gasteiger partial charge in [0, 0.05) is 19.2 Å². The molecule has 31 heavy (non-hydrogen) atoms. The maximum absolute atomic E-state index is 5.82. The van der Waals surface area contributed by atoms with E-state index in [0.717, 1.165) is 60.7 Å². The third-order valence-corrected chi connectivity index (χ3v) is 9.68. The van der Waals surface area contributed by atoms with Crippen molar-refractivity contribution in [1.82, 2.24) is 4.90 Å². The van der Waals surface area contributed by atoms with Crippen LogP contribution in [0.4, 0.5) is 0 Å². The summed E-state index contributed by atoms with van der Waals surface area (Å²) in [5, 5.41) is 10.4. The monoisotopic (exact) mass is 652 g/mol. The summed E-state index contributed by atoms with van der Waals surface area (Å²) in [7, 11) is 14.1. The SMILES string of the molecule is COC1CCC2C(C1)C1CC3C(CC[N-]C3C3CCC(C)C[N-]3)C(C)C1N2C.[Cl][Pt+2][Cl]. The molecular weight excluding hydrogens is 612 g/mol. The Morgan fingerprint density at radius 3 is 2.35 bits per heavy atom. The van der Waals surface area contributed by atoms with Gasteiger partial charge >= 0.3 is 35.3 Å². The van der Waals surface area contributed by atoms with E-state index in [2.05, 4.69) is 25.8 Å². The summed E-state index contributed by atoms with van der Waals surface area (Å²) in [5.41, 5.74) is 0. The van der Waals surface area contributed by atoms with Crippen LogP contribution in [-0.4, -0.2) is 62.4 Å². The van der Waals surface area contributed by atoms with Gasteiger partial charge in [-0.05, 0) is 56.4 Å². The number of fused-ring (bicyclic) bond motifs is 4. The fraction of sp³-hybridized carbons (Fsp3) is 1.00. The van der Waals surface area contributed by atoms with Crippen LogP contribution >= 0.6 is 18.8 Å². The molecule has 5 rings (SSSR count). The number of hydrogen-bond acceptors (Lipinski definition) is 2. The molecule has 2 aliphatic carbocycles. The molecule has 0 aromatic rings. The van der Waals surface area contributed by atoms with Gasteiger partial charge in [-0.2, -0.15) is 6.04 Å². The second-order valence-corrected chi connectivity index (χ2v) is 14.3. The van der Waals surface area contributed by atoms with Crippen LogP contribution in [0.1, 0.15) is 58.8 Å². The maximum atomic E-state index is 5.82. The third kappa shape index (κ3) is 5.07. The first kappa shape index (κ1) is 25.2. The van der Waals surface area contributed by atoms with E-state index in [1.807, 2.05) is 7.11 Å². The molecule has 182 valence electrons. The molecule has 7 heteroatoms. The number of hydrogen-bond donors (Lipinski definition) is 0. The van der Waals surface area contributed by atoms with Crippen LogP contribution in [0.5, 0.6) is 0 Å². The molecule has 3 saturated heterocycles. The predicted molar refractivity (Wildman–Crippen MR) is 126 cm³/mol. The Morgan fingerprint density at radius 2 is 1.68 bits per heavy atom. The summed E-state index contributed by atoms with van der Waals surface area (Å²) >= 11 is -0.472. The molecular formula is C24H41Cl2N3OPt. The zero-order valence-electron chi connectivity index (χ0n) is 19.5. The molecule has 2 saturated carbocycles. The van der Waals surface area contributed by atoms with Gasteiger partial charge in [-0.1, -0.05) is 44.9 Å². The molecule has 0 spiro atoms. The van der Waals surface area contributed by atoms with Crippen molar-refractivity contribution in [2.45, 2.75) is 89.1 Å². The van der Waals surface area contributed by atoms with E-state index in [1.54, 1.807) is 0 Å². The summed E-state index contributed by atoms with van der Waals surface area (Å²) < 4.78 is 5.82. The van der Waals surface area contributed by atoms with Crippen molar-refractivity contribution in [1.29, 1.82) is 0 Å². The second kappa shape index (κ2) is 11.2. The molecule has 0 aromatic heterocycles. The van der Waals surface area contributed by atoms with Gasteiger partial charge in [0.25, 0.3) is 0 Å². The molecule has 4 nitrogen and oxygen atoms in total. The molecule has 0 N–H and O–H groups in total. The number of ether oxygens (including phenoxy) is 1. The van der Waals surface area contributed by atoms with Gasteiger partial charge in [0.05, 0.1) is 6.10 Å². The molecule has 3 heterocycles. The number of rotatable bonds is 2. The van der Waals surface area contributed by atoms with Crippen LogP contribution in [0, 0.1) is 35.5 Å². The molecule has 11 atom stereocenters. The zero-order chi connectivity index (χ0) is 22.1. The average molecular weight is 654 g/mol. The van der Waals surface area contributed by atoms with E-state index in [-0.39, 0.29) is 0 Å². The first-order valence-corrected chi connectivity index (χ1v) is 18.0. The molecule has 0 radical (unpaired) electrons. The van der Waals surface area contributed by atoms with Crippen LogP contribution in [0.3, 0.4) is 0 Å². The average Bonchev–Trinajstić information content (AvgIpc) is 3.06. The van der Waals surface area contributed by atoms with Crippen molar-refractivity contribution in [3.63, 3.8) is 0 Å². The van der Waals surface area contributed by atoms with Crippen LogP contribution in [0.2, 0.25) is 0 Å². The standard InChI is InChI=1S/C24H41N3O.2ClH.Pt/c1-14-5-7-21(26-13-14)23-19-12-20-18-11-16(28-4)6-8-22(18)27(3)24(20)15(2)17(19)9-10-25-23;;;/h14-24H,5-13H2,1-4H3;2*1H;/q-2;;;+4/p-2. The Balaban J connectivity index is 0.000000730. The Morgan fingerprint density at radius 1 is 0.903 bits per heavy atom. The van der Waals surface area contributed by atoms with Gasteiger partial charge in [-0.3, -0.25) is 4.90 Å². The number of likely N-dealkylation sites (tertiary alicyclic amines) is 1. The van der Waals surface area contributed by atoms with Gasteiger partial charge < -0.3 is 15.4 Å². The summed E-state index contributed by atoms with van der Waals surface area (Å²) in [6, 6.07) is 2.61. The van der Waals surface area contributed by atoms with Crippen molar-refractivity contribution in [2.24, 2.45) is 35.5 Å². The third-order valence-electron chi connectivity index (χ3n) is 9.68. The number of halogens is 2. The zero-order valence-corrected chi connectivity index (χ0v) is 23.3.